The molecule has 2 aromatic carbocycles. The number of nitrogens with one attached hydrogen (secondary N) is 2. The SMILES string of the molecule is CCOC(=O)c1c(C)[nH]c(CN(Cc2ccccc2)C(=O)Nc2ccc(C)cc2)c1C. The second kappa shape index (κ2) is 9.98. The van der Waals surface area contributed by atoms with Crippen LogP contribution in [-0.4, -0.2) is 28.5 Å². The number of nitrogens with zero attached hydrogens (tertiary/aromatic N) is 1. The fourth-order valence-corrected chi connectivity index (χ4v) is 3.52. The van der Waals surface area contributed by atoms with Crippen LogP contribution >= 0.6 is 0 Å². The van der Waals surface area contributed by atoms with E-state index < -0.39 is 0 Å². The standard InChI is InChI=1S/C25H29N3O3/c1-5-31-24(29)23-18(3)22(26-19(23)4)16-28(15-20-9-7-6-8-10-20)25(30)27-21-13-11-17(2)12-14-21/h6-14,26H,5,15-16H2,1-4H3,(H,27,30). The quantitative estimate of drug-likeness (QED) is 0.507. The van der Waals surface area contributed by atoms with Crippen LogP contribution in [0.3, 0.4) is 0 Å². The molecule has 2 N–H and O–H groups in total. The molecule has 0 spiro atoms. The van der Waals surface area contributed by atoms with E-state index in [1.54, 1.807) is 11.8 Å². The summed E-state index contributed by atoms with van der Waals surface area (Å²) in [5.74, 6) is -0.348. The summed E-state index contributed by atoms with van der Waals surface area (Å²) in [5.41, 5.74) is 5.78. The Bertz CT molecular complexity index is 1040. The van der Waals surface area contributed by atoms with Crippen molar-refractivity contribution in [2.75, 3.05) is 11.9 Å². The average molecular weight is 420 g/mol. The van der Waals surface area contributed by atoms with E-state index in [4.69, 9.17) is 4.74 Å². The number of urea groups is 1. The Labute approximate surface area is 183 Å². The van der Waals surface area contributed by atoms with Crippen molar-refractivity contribution in [3.63, 3.8) is 0 Å². The average Bonchev–Trinajstić information content (AvgIpc) is 3.03. The van der Waals surface area contributed by atoms with Gasteiger partial charge in [-0.25, -0.2) is 9.59 Å². The van der Waals surface area contributed by atoms with Crippen molar-refractivity contribution < 1.29 is 14.3 Å². The number of ether oxygens (including phenoxy) is 1. The number of anilines is 1. The number of hydrogen-bond acceptors (Lipinski definition) is 3. The van der Waals surface area contributed by atoms with E-state index in [0.717, 1.165) is 33.8 Å². The highest BCUT2D eigenvalue weighted by atomic mass is 16.5. The van der Waals surface area contributed by atoms with Crippen LogP contribution in [0.4, 0.5) is 10.5 Å². The molecule has 0 aliphatic rings. The van der Waals surface area contributed by atoms with Crippen LogP contribution in [0.25, 0.3) is 0 Å². The van der Waals surface area contributed by atoms with Gasteiger partial charge in [-0.15, -0.1) is 0 Å². The van der Waals surface area contributed by atoms with Gasteiger partial charge in [0.15, 0.2) is 0 Å². The lowest BCUT2D eigenvalue weighted by atomic mass is 10.1. The fourth-order valence-electron chi connectivity index (χ4n) is 3.52. The molecule has 0 aliphatic heterocycles. The highest BCUT2D eigenvalue weighted by Crippen LogP contribution is 2.22. The molecule has 1 aromatic heterocycles. The van der Waals surface area contributed by atoms with Crippen molar-refractivity contribution in [1.29, 1.82) is 0 Å². The number of hydrogen-bond donors (Lipinski definition) is 2. The van der Waals surface area contributed by atoms with Gasteiger partial charge in [0.05, 0.1) is 18.7 Å². The molecule has 2 amide bonds. The number of aryl methyl sites for hydroxylation is 2. The fraction of sp³-hybridized carbons (Fsp3) is 0.280. The van der Waals surface area contributed by atoms with Crippen molar-refractivity contribution in [2.45, 2.75) is 40.8 Å². The third-order valence-electron chi connectivity index (χ3n) is 5.18. The number of aromatic nitrogens is 1. The van der Waals surface area contributed by atoms with Crippen LogP contribution in [0.2, 0.25) is 0 Å². The highest BCUT2D eigenvalue weighted by Gasteiger charge is 2.22. The topological polar surface area (TPSA) is 74.4 Å². The van der Waals surface area contributed by atoms with Gasteiger partial charge in [0, 0.05) is 23.6 Å². The summed E-state index contributed by atoms with van der Waals surface area (Å²) >= 11 is 0. The Morgan fingerprint density at radius 1 is 0.968 bits per heavy atom. The van der Waals surface area contributed by atoms with Gasteiger partial charge >= 0.3 is 12.0 Å². The number of carbonyl (C=O) groups is 2. The van der Waals surface area contributed by atoms with E-state index in [0.29, 0.717) is 25.3 Å². The predicted octanol–water partition coefficient (Wildman–Crippen LogP) is 5.35. The van der Waals surface area contributed by atoms with E-state index in [-0.39, 0.29) is 12.0 Å². The molecule has 0 aliphatic carbocycles. The molecule has 0 atom stereocenters. The van der Waals surface area contributed by atoms with Gasteiger partial charge in [-0.2, -0.15) is 0 Å². The second-order valence-corrected chi connectivity index (χ2v) is 7.59. The molecule has 162 valence electrons. The lowest BCUT2D eigenvalue weighted by Gasteiger charge is -2.23. The van der Waals surface area contributed by atoms with Crippen molar-refractivity contribution in [3.05, 3.63) is 88.2 Å². The molecular weight excluding hydrogens is 390 g/mol. The number of esters is 1. The molecule has 1 heterocycles. The van der Waals surface area contributed by atoms with E-state index in [9.17, 15) is 9.59 Å². The minimum Gasteiger partial charge on any atom is -0.462 e. The minimum atomic E-state index is -0.348. The lowest BCUT2D eigenvalue weighted by Crippen LogP contribution is -2.34. The summed E-state index contributed by atoms with van der Waals surface area (Å²) in [6, 6.07) is 17.3. The Hall–Kier alpha value is -3.54. The molecule has 6 heteroatoms. The van der Waals surface area contributed by atoms with Crippen LogP contribution in [0, 0.1) is 20.8 Å². The van der Waals surface area contributed by atoms with Gasteiger partial charge in [-0.05, 0) is 51.0 Å². The third-order valence-corrected chi connectivity index (χ3v) is 5.18. The molecule has 0 fully saturated rings. The zero-order chi connectivity index (χ0) is 22.4. The molecule has 0 saturated heterocycles. The van der Waals surface area contributed by atoms with Crippen LogP contribution in [0.5, 0.6) is 0 Å². The predicted molar refractivity (Wildman–Crippen MR) is 122 cm³/mol. The number of amides is 2. The first-order valence-electron chi connectivity index (χ1n) is 10.4. The molecule has 3 rings (SSSR count). The monoisotopic (exact) mass is 419 g/mol. The van der Waals surface area contributed by atoms with Crippen molar-refractivity contribution in [2.24, 2.45) is 0 Å². The van der Waals surface area contributed by atoms with Gasteiger partial charge in [0.1, 0.15) is 0 Å². The van der Waals surface area contributed by atoms with E-state index in [2.05, 4.69) is 10.3 Å². The third kappa shape index (κ3) is 5.54. The maximum Gasteiger partial charge on any atom is 0.340 e. The Morgan fingerprint density at radius 2 is 1.65 bits per heavy atom. The highest BCUT2D eigenvalue weighted by molar-refractivity contribution is 5.93. The first-order valence-corrected chi connectivity index (χ1v) is 10.4. The molecule has 31 heavy (non-hydrogen) atoms. The number of carbonyl (C=O) groups excluding carboxylic acids is 2. The summed E-state index contributed by atoms with van der Waals surface area (Å²) in [7, 11) is 0. The molecule has 0 saturated carbocycles. The number of rotatable bonds is 7. The van der Waals surface area contributed by atoms with Crippen LogP contribution in [0.15, 0.2) is 54.6 Å². The van der Waals surface area contributed by atoms with Crippen LogP contribution in [0.1, 0.15) is 45.4 Å². The summed E-state index contributed by atoms with van der Waals surface area (Å²) in [6.07, 6.45) is 0. The minimum absolute atomic E-state index is 0.211. The molecule has 0 bridgehead atoms. The number of aromatic amines is 1. The van der Waals surface area contributed by atoms with Gasteiger partial charge in [-0.1, -0.05) is 48.0 Å². The largest absolute Gasteiger partial charge is 0.462 e. The molecule has 6 nitrogen and oxygen atoms in total. The van der Waals surface area contributed by atoms with Gasteiger partial charge < -0.3 is 19.9 Å². The van der Waals surface area contributed by atoms with Crippen LogP contribution < -0.4 is 5.32 Å². The van der Waals surface area contributed by atoms with E-state index in [1.165, 1.54) is 0 Å². The van der Waals surface area contributed by atoms with Crippen molar-refractivity contribution in [1.82, 2.24) is 9.88 Å². The smallest absolute Gasteiger partial charge is 0.340 e. The Balaban J connectivity index is 1.86. The maximum atomic E-state index is 13.2. The second-order valence-electron chi connectivity index (χ2n) is 7.59. The Kier molecular flexibility index (Phi) is 7.13. The lowest BCUT2D eigenvalue weighted by molar-refractivity contribution is 0.0525. The van der Waals surface area contributed by atoms with Crippen molar-refractivity contribution >= 4 is 17.7 Å². The van der Waals surface area contributed by atoms with Gasteiger partial charge in [0.25, 0.3) is 0 Å². The van der Waals surface area contributed by atoms with E-state index >= 15 is 0 Å². The zero-order valence-electron chi connectivity index (χ0n) is 18.5. The summed E-state index contributed by atoms with van der Waals surface area (Å²) in [4.78, 5) is 30.5. The molecule has 3 aromatic rings. The first-order chi connectivity index (χ1) is 14.9. The Morgan fingerprint density at radius 3 is 2.29 bits per heavy atom. The molecule has 0 radical (unpaired) electrons. The van der Waals surface area contributed by atoms with E-state index in [1.807, 2.05) is 75.4 Å². The van der Waals surface area contributed by atoms with Gasteiger partial charge in [0.2, 0.25) is 0 Å². The molecule has 0 unspecified atom stereocenters. The number of H-pyrrole nitrogens is 1. The van der Waals surface area contributed by atoms with Crippen LogP contribution in [-0.2, 0) is 17.8 Å². The number of benzene rings is 2. The maximum absolute atomic E-state index is 13.2. The van der Waals surface area contributed by atoms with Gasteiger partial charge in [-0.3, -0.25) is 0 Å². The zero-order valence-corrected chi connectivity index (χ0v) is 18.5. The molecular formula is C25H29N3O3. The normalized spacial score (nSPS) is 10.6. The first kappa shape index (κ1) is 22.2. The summed E-state index contributed by atoms with van der Waals surface area (Å²) < 4.78 is 5.19. The summed E-state index contributed by atoms with van der Waals surface area (Å²) in [6.45, 7) is 8.60. The summed E-state index contributed by atoms with van der Waals surface area (Å²) in [5, 5.41) is 2.98. The van der Waals surface area contributed by atoms with Crippen molar-refractivity contribution in [3.8, 4) is 0 Å².